The van der Waals surface area contributed by atoms with Crippen molar-refractivity contribution in [3.63, 3.8) is 0 Å². The summed E-state index contributed by atoms with van der Waals surface area (Å²) < 4.78 is 6.75. The maximum atomic E-state index is 12.4. The van der Waals surface area contributed by atoms with Crippen LogP contribution in [-0.4, -0.2) is 37.9 Å². The number of benzene rings is 1. The second-order valence-electron chi connectivity index (χ2n) is 6.04. The smallest absolute Gasteiger partial charge is 0.252 e. The van der Waals surface area contributed by atoms with Crippen molar-refractivity contribution in [2.75, 3.05) is 12.4 Å². The van der Waals surface area contributed by atoms with Crippen molar-refractivity contribution in [2.24, 2.45) is 0 Å². The van der Waals surface area contributed by atoms with Crippen LogP contribution in [0.25, 0.3) is 5.95 Å². The standard InChI is InChI=1S/C18H17N5O3/c1-10-16-12(11-4-5-13(24)14(8-11)26-2)9-15(25)21-17(16)23(22-10)18-19-6-3-7-20-18/h3-8,12,24H,9H2,1-2H3,(H,21,25). The molecule has 2 aromatic heterocycles. The van der Waals surface area contributed by atoms with Crippen LogP contribution in [0.4, 0.5) is 5.82 Å². The molecule has 1 unspecified atom stereocenters. The summed E-state index contributed by atoms with van der Waals surface area (Å²) in [4.78, 5) is 20.8. The van der Waals surface area contributed by atoms with Crippen LogP contribution in [0.1, 0.15) is 29.2 Å². The number of anilines is 1. The molecule has 0 radical (unpaired) electrons. The van der Waals surface area contributed by atoms with Crippen LogP contribution in [0.15, 0.2) is 36.7 Å². The first-order chi connectivity index (χ1) is 12.6. The van der Waals surface area contributed by atoms with Gasteiger partial charge in [-0.15, -0.1) is 0 Å². The highest BCUT2D eigenvalue weighted by atomic mass is 16.5. The van der Waals surface area contributed by atoms with E-state index in [9.17, 15) is 9.90 Å². The number of nitrogens with zero attached hydrogens (tertiary/aromatic N) is 4. The molecule has 3 aromatic rings. The maximum absolute atomic E-state index is 12.4. The molecule has 0 saturated carbocycles. The van der Waals surface area contributed by atoms with Crippen LogP contribution >= 0.6 is 0 Å². The van der Waals surface area contributed by atoms with E-state index in [1.54, 1.807) is 41.3 Å². The van der Waals surface area contributed by atoms with E-state index >= 15 is 0 Å². The van der Waals surface area contributed by atoms with E-state index in [1.165, 1.54) is 7.11 Å². The minimum absolute atomic E-state index is 0.0573. The maximum Gasteiger partial charge on any atom is 0.252 e. The van der Waals surface area contributed by atoms with Gasteiger partial charge < -0.3 is 15.2 Å². The average Bonchev–Trinajstić information content (AvgIpc) is 2.98. The lowest BCUT2D eigenvalue weighted by atomic mass is 9.85. The molecule has 0 bridgehead atoms. The first kappa shape index (κ1) is 16.1. The molecule has 1 atom stereocenters. The fourth-order valence-corrected chi connectivity index (χ4v) is 3.29. The van der Waals surface area contributed by atoms with Crippen LogP contribution in [0.5, 0.6) is 11.5 Å². The number of aromatic nitrogens is 4. The van der Waals surface area contributed by atoms with E-state index in [1.807, 2.05) is 6.92 Å². The van der Waals surface area contributed by atoms with Gasteiger partial charge in [0.25, 0.3) is 5.95 Å². The number of rotatable bonds is 3. The number of hydrogen-bond donors (Lipinski definition) is 2. The predicted molar refractivity (Wildman–Crippen MR) is 93.6 cm³/mol. The zero-order valence-corrected chi connectivity index (χ0v) is 14.3. The van der Waals surface area contributed by atoms with Gasteiger partial charge in [0.2, 0.25) is 5.91 Å². The predicted octanol–water partition coefficient (Wildman–Crippen LogP) is 2.16. The van der Waals surface area contributed by atoms with E-state index < -0.39 is 0 Å². The monoisotopic (exact) mass is 351 g/mol. The Hall–Kier alpha value is -3.42. The molecule has 0 fully saturated rings. The second kappa shape index (κ2) is 6.14. The number of phenolic OH excluding ortho intramolecular Hbond substituents is 1. The van der Waals surface area contributed by atoms with Crippen molar-refractivity contribution in [1.82, 2.24) is 19.7 Å². The fourth-order valence-electron chi connectivity index (χ4n) is 3.29. The first-order valence-corrected chi connectivity index (χ1v) is 8.12. The first-order valence-electron chi connectivity index (χ1n) is 8.12. The van der Waals surface area contributed by atoms with E-state index in [0.29, 0.717) is 17.5 Å². The van der Waals surface area contributed by atoms with Crippen molar-refractivity contribution >= 4 is 11.7 Å². The third kappa shape index (κ3) is 2.55. The summed E-state index contributed by atoms with van der Waals surface area (Å²) >= 11 is 0. The number of nitrogens with one attached hydrogen (secondary N) is 1. The number of phenols is 1. The van der Waals surface area contributed by atoms with Gasteiger partial charge in [0.15, 0.2) is 11.5 Å². The average molecular weight is 351 g/mol. The summed E-state index contributed by atoms with van der Waals surface area (Å²) in [5.41, 5.74) is 2.56. The van der Waals surface area contributed by atoms with Crippen LogP contribution in [0, 0.1) is 6.92 Å². The molecule has 1 aliphatic heterocycles. The summed E-state index contributed by atoms with van der Waals surface area (Å²) in [6, 6.07) is 6.83. The highest BCUT2D eigenvalue weighted by Gasteiger charge is 2.33. The van der Waals surface area contributed by atoms with E-state index in [-0.39, 0.29) is 24.0 Å². The number of fused-ring (bicyclic) bond motifs is 1. The minimum Gasteiger partial charge on any atom is -0.504 e. The minimum atomic E-state index is -0.203. The molecule has 26 heavy (non-hydrogen) atoms. The van der Waals surface area contributed by atoms with E-state index in [0.717, 1.165) is 16.8 Å². The third-order valence-corrected chi connectivity index (χ3v) is 4.45. The van der Waals surface area contributed by atoms with Crippen LogP contribution in [-0.2, 0) is 4.79 Å². The summed E-state index contributed by atoms with van der Waals surface area (Å²) in [6.07, 6.45) is 3.53. The van der Waals surface area contributed by atoms with Crippen LogP contribution in [0.2, 0.25) is 0 Å². The molecule has 1 aromatic carbocycles. The summed E-state index contributed by atoms with van der Waals surface area (Å²) in [5.74, 6) is 1.06. The number of hydrogen-bond acceptors (Lipinski definition) is 6. The largest absolute Gasteiger partial charge is 0.504 e. The van der Waals surface area contributed by atoms with Crippen molar-refractivity contribution in [2.45, 2.75) is 19.3 Å². The molecule has 8 nitrogen and oxygen atoms in total. The number of aryl methyl sites for hydroxylation is 1. The van der Waals surface area contributed by atoms with E-state index in [2.05, 4.69) is 20.4 Å². The SMILES string of the molecule is COc1cc(C2CC(=O)Nc3c2c(C)nn3-c2ncccn2)ccc1O. The quantitative estimate of drug-likeness (QED) is 0.750. The molecule has 4 rings (SSSR count). The van der Waals surface area contributed by atoms with Crippen molar-refractivity contribution in [1.29, 1.82) is 0 Å². The second-order valence-corrected chi connectivity index (χ2v) is 6.04. The Morgan fingerprint density at radius 1 is 1.31 bits per heavy atom. The van der Waals surface area contributed by atoms with Crippen molar-refractivity contribution in [3.8, 4) is 17.4 Å². The van der Waals surface area contributed by atoms with Gasteiger partial charge in [-0.05, 0) is 30.7 Å². The lowest BCUT2D eigenvalue weighted by Gasteiger charge is -2.24. The van der Waals surface area contributed by atoms with Crippen molar-refractivity contribution in [3.05, 3.63) is 53.5 Å². The lowest BCUT2D eigenvalue weighted by molar-refractivity contribution is -0.116. The summed E-state index contributed by atoms with van der Waals surface area (Å²) in [6.45, 7) is 1.89. The Balaban J connectivity index is 1.87. The van der Waals surface area contributed by atoms with Crippen LogP contribution < -0.4 is 10.1 Å². The summed E-state index contributed by atoms with van der Waals surface area (Å²) in [7, 11) is 1.49. The summed E-state index contributed by atoms with van der Waals surface area (Å²) in [5, 5.41) is 17.3. The Morgan fingerprint density at radius 3 is 2.81 bits per heavy atom. The fraction of sp³-hybridized carbons (Fsp3) is 0.222. The molecule has 0 aliphatic carbocycles. The van der Waals surface area contributed by atoms with Gasteiger partial charge in [-0.3, -0.25) is 4.79 Å². The molecular weight excluding hydrogens is 334 g/mol. The number of ether oxygens (including phenoxy) is 1. The van der Waals surface area contributed by atoms with Gasteiger partial charge in [-0.25, -0.2) is 9.97 Å². The number of methoxy groups -OCH3 is 1. The number of carbonyl (C=O) groups excluding carboxylic acids is 1. The van der Waals surface area contributed by atoms with Gasteiger partial charge in [-0.1, -0.05) is 6.07 Å². The van der Waals surface area contributed by atoms with Gasteiger partial charge in [0.1, 0.15) is 5.82 Å². The molecule has 1 aliphatic rings. The van der Waals surface area contributed by atoms with Gasteiger partial charge >= 0.3 is 0 Å². The third-order valence-electron chi connectivity index (χ3n) is 4.45. The molecular formula is C18H17N5O3. The molecule has 132 valence electrons. The Bertz CT molecular complexity index is 984. The Labute approximate surface area is 149 Å². The van der Waals surface area contributed by atoms with E-state index in [4.69, 9.17) is 4.74 Å². The van der Waals surface area contributed by atoms with Crippen LogP contribution in [0.3, 0.4) is 0 Å². The lowest BCUT2D eigenvalue weighted by Crippen LogP contribution is -2.25. The molecule has 2 N–H and O–H groups in total. The van der Waals surface area contributed by atoms with Gasteiger partial charge in [0, 0.05) is 30.3 Å². The molecule has 8 heteroatoms. The Kier molecular flexibility index (Phi) is 3.80. The normalized spacial score (nSPS) is 16.1. The van der Waals surface area contributed by atoms with Gasteiger partial charge in [-0.2, -0.15) is 9.78 Å². The topological polar surface area (TPSA) is 102 Å². The molecule has 1 amide bonds. The zero-order chi connectivity index (χ0) is 18.3. The molecule has 0 saturated heterocycles. The zero-order valence-electron chi connectivity index (χ0n) is 14.3. The van der Waals surface area contributed by atoms with Crippen molar-refractivity contribution < 1.29 is 14.6 Å². The highest BCUT2D eigenvalue weighted by Crippen LogP contribution is 2.41. The highest BCUT2D eigenvalue weighted by molar-refractivity contribution is 5.95. The number of aromatic hydroxyl groups is 1. The Morgan fingerprint density at radius 2 is 2.08 bits per heavy atom. The molecule has 0 spiro atoms. The number of carbonyl (C=O) groups is 1. The molecule has 3 heterocycles. The van der Waals surface area contributed by atoms with Gasteiger partial charge in [0.05, 0.1) is 12.8 Å². The number of amides is 1.